The van der Waals surface area contributed by atoms with E-state index in [2.05, 4.69) is 0 Å². The number of aliphatic hydroxyl groups excluding tert-OH is 1. The normalized spacial score (nSPS) is 32.1. The highest BCUT2D eigenvalue weighted by atomic mass is 19.3. The second-order valence-corrected chi connectivity index (χ2v) is 3.55. The molecule has 1 fully saturated rings. The molecular formula is C7H11F2NO2. The summed E-state index contributed by atoms with van der Waals surface area (Å²) in [6.07, 6.45) is -1.44. The third-order valence-corrected chi connectivity index (χ3v) is 2.32. The lowest BCUT2D eigenvalue weighted by Crippen LogP contribution is -2.46. The molecule has 1 N–H and O–H groups in total. The van der Waals surface area contributed by atoms with Crippen LogP contribution >= 0.6 is 0 Å². The Balaban J connectivity index is 2.95. The summed E-state index contributed by atoms with van der Waals surface area (Å²) in [4.78, 5) is 11.3. The molecule has 0 spiro atoms. The minimum atomic E-state index is -3.19. The number of nitrogens with zero attached hydrogens (tertiary/aromatic N) is 1. The summed E-state index contributed by atoms with van der Waals surface area (Å²) < 4.78 is 25.6. The molecule has 1 saturated heterocycles. The van der Waals surface area contributed by atoms with Crippen LogP contribution in [0.1, 0.15) is 13.8 Å². The van der Waals surface area contributed by atoms with Crippen molar-refractivity contribution < 1.29 is 18.7 Å². The Labute approximate surface area is 69.0 Å². The molecule has 1 atom stereocenters. The molecule has 1 rings (SSSR count). The number of amides is 1. The largest absolute Gasteiger partial charge is 0.384 e. The molecular weight excluding hydrogens is 168 g/mol. The maximum atomic E-state index is 12.8. The predicted octanol–water partition coefficient (Wildman–Crippen LogP) is 0.233. The third-order valence-electron chi connectivity index (χ3n) is 2.32. The summed E-state index contributed by atoms with van der Waals surface area (Å²) in [7, 11) is 0. The van der Waals surface area contributed by atoms with Crippen molar-refractivity contribution in [2.75, 3.05) is 6.54 Å². The first kappa shape index (κ1) is 9.38. The Kier molecular flexibility index (Phi) is 1.87. The highest BCUT2D eigenvalue weighted by Crippen LogP contribution is 2.38. The molecule has 0 aliphatic carbocycles. The summed E-state index contributed by atoms with van der Waals surface area (Å²) in [5, 5.41) is 9.14. The summed E-state index contributed by atoms with van der Waals surface area (Å²) in [6, 6.07) is 0. The quantitative estimate of drug-likeness (QED) is 0.585. The van der Waals surface area contributed by atoms with Crippen molar-refractivity contribution in [1.82, 2.24) is 4.90 Å². The van der Waals surface area contributed by atoms with Crippen LogP contribution in [0.15, 0.2) is 0 Å². The monoisotopic (exact) mass is 179 g/mol. The van der Waals surface area contributed by atoms with Gasteiger partial charge in [0.15, 0.2) is 0 Å². The first-order chi connectivity index (χ1) is 5.32. The fourth-order valence-corrected chi connectivity index (χ4v) is 1.36. The van der Waals surface area contributed by atoms with Gasteiger partial charge in [0.25, 0.3) is 5.92 Å². The fourth-order valence-electron chi connectivity index (χ4n) is 1.36. The molecule has 1 heterocycles. The number of likely N-dealkylation sites (tertiary alicyclic amines) is 1. The zero-order valence-electron chi connectivity index (χ0n) is 6.92. The lowest BCUT2D eigenvalue weighted by Gasteiger charge is -2.29. The van der Waals surface area contributed by atoms with E-state index in [9.17, 15) is 13.6 Å². The average Bonchev–Trinajstić information content (AvgIpc) is 2.11. The van der Waals surface area contributed by atoms with Crippen LogP contribution in [0, 0.1) is 0 Å². The average molecular weight is 179 g/mol. The Bertz CT molecular complexity index is 206. The number of alkyl halides is 2. The Morgan fingerprint density at radius 3 is 2.25 bits per heavy atom. The lowest BCUT2D eigenvalue weighted by molar-refractivity contribution is -0.122. The summed E-state index contributed by atoms with van der Waals surface area (Å²) in [5.74, 6) is -3.19. The number of carbonyl (C=O) groups is 1. The molecule has 70 valence electrons. The van der Waals surface area contributed by atoms with E-state index in [1.165, 1.54) is 13.8 Å². The maximum Gasteiger partial charge on any atom is 0.292 e. The number of aliphatic hydroxyl groups is 1. The molecule has 1 aliphatic rings. The Morgan fingerprint density at radius 2 is 2.08 bits per heavy atom. The molecule has 5 heteroatoms. The van der Waals surface area contributed by atoms with Crippen molar-refractivity contribution in [2.45, 2.75) is 31.4 Å². The molecule has 0 aromatic rings. The van der Waals surface area contributed by atoms with Crippen LogP contribution in [-0.4, -0.2) is 40.5 Å². The van der Waals surface area contributed by atoms with Crippen molar-refractivity contribution in [3.05, 3.63) is 0 Å². The van der Waals surface area contributed by atoms with Gasteiger partial charge in [-0.3, -0.25) is 4.79 Å². The van der Waals surface area contributed by atoms with Gasteiger partial charge in [0.05, 0.1) is 12.1 Å². The van der Waals surface area contributed by atoms with Crippen LogP contribution in [0.2, 0.25) is 0 Å². The van der Waals surface area contributed by atoms with Crippen LogP contribution in [0.3, 0.4) is 0 Å². The fraction of sp³-hybridized carbons (Fsp3) is 0.857. The number of hydrogen-bond donors (Lipinski definition) is 1. The highest BCUT2D eigenvalue weighted by molar-refractivity contribution is 5.50. The standard InChI is InChI=1S/C7H11F2NO2/c1-6(2)5(12)7(8,9)3-10(6)4-11/h4-5,12H,3H2,1-2H3. The summed E-state index contributed by atoms with van der Waals surface area (Å²) in [6.45, 7) is 2.12. The smallest absolute Gasteiger partial charge is 0.292 e. The number of carbonyl (C=O) groups excluding carboxylic acids is 1. The third kappa shape index (κ3) is 1.08. The van der Waals surface area contributed by atoms with Crippen LogP contribution in [-0.2, 0) is 4.79 Å². The number of halogens is 2. The second-order valence-electron chi connectivity index (χ2n) is 3.55. The van der Waals surface area contributed by atoms with Crippen LogP contribution in [0.25, 0.3) is 0 Å². The first-order valence-corrected chi connectivity index (χ1v) is 3.60. The van der Waals surface area contributed by atoms with Gasteiger partial charge in [0.1, 0.15) is 6.10 Å². The molecule has 3 nitrogen and oxygen atoms in total. The minimum absolute atomic E-state index is 0.337. The molecule has 0 aromatic heterocycles. The SMILES string of the molecule is CC1(C)C(O)C(F)(F)CN1C=O. The van der Waals surface area contributed by atoms with Gasteiger partial charge in [-0.25, -0.2) is 8.78 Å². The van der Waals surface area contributed by atoms with E-state index in [-0.39, 0.29) is 0 Å². The van der Waals surface area contributed by atoms with Crippen molar-refractivity contribution >= 4 is 6.41 Å². The van der Waals surface area contributed by atoms with Crippen molar-refractivity contribution in [3.63, 3.8) is 0 Å². The zero-order chi connectivity index (χ0) is 9.57. The van der Waals surface area contributed by atoms with Gasteiger partial charge < -0.3 is 10.0 Å². The second kappa shape index (κ2) is 2.39. The number of hydrogen-bond acceptors (Lipinski definition) is 2. The lowest BCUT2D eigenvalue weighted by atomic mass is 9.97. The van der Waals surface area contributed by atoms with E-state index in [4.69, 9.17) is 5.11 Å². The molecule has 0 radical (unpaired) electrons. The molecule has 0 saturated carbocycles. The van der Waals surface area contributed by atoms with Crippen molar-refractivity contribution in [1.29, 1.82) is 0 Å². The van der Waals surface area contributed by atoms with E-state index in [0.29, 0.717) is 6.41 Å². The van der Waals surface area contributed by atoms with Crippen LogP contribution in [0.4, 0.5) is 8.78 Å². The van der Waals surface area contributed by atoms with Crippen LogP contribution in [0.5, 0.6) is 0 Å². The number of rotatable bonds is 1. The predicted molar refractivity (Wildman–Crippen MR) is 37.8 cm³/mol. The van der Waals surface area contributed by atoms with Gasteiger partial charge in [-0.05, 0) is 13.8 Å². The highest BCUT2D eigenvalue weighted by Gasteiger charge is 2.58. The van der Waals surface area contributed by atoms with E-state index in [0.717, 1.165) is 4.90 Å². The van der Waals surface area contributed by atoms with Crippen LogP contribution < -0.4 is 0 Å². The Hall–Kier alpha value is -0.710. The minimum Gasteiger partial charge on any atom is -0.384 e. The Morgan fingerprint density at radius 1 is 1.58 bits per heavy atom. The van der Waals surface area contributed by atoms with Crippen molar-refractivity contribution in [2.24, 2.45) is 0 Å². The van der Waals surface area contributed by atoms with Gasteiger partial charge in [-0.1, -0.05) is 0 Å². The molecule has 0 aromatic carbocycles. The zero-order valence-corrected chi connectivity index (χ0v) is 6.92. The summed E-state index contributed by atoms with van der Waals surface area (Å²) in [5.41, 5.74) is -1.18. The topological polar surface area (TPSA) is 40.5 Å². The van der Waals surface area contributed by atoms with Gasteiger partial charge in [0.2, 0.25) is 6.41 Å². The summed E-state index contributed by atoms with van der Waals surface area (Å²) >= 11 is 0. The van der Waals surface area contributed by atoms with E-state index in [1.54, 1.807) is 0 Å². The first-order valence-electron chi connectivity index (χ1n) is 3.60. The van der Waals surface area contributed by atoms with Gasteiger partial charge in [-0.15, -0.1) is 0 Å². The molecule has 12 heavy (non-hydrogen) atoms. The molecule has 1 unspecified atom stereocenters. The molecule has 1 amide bonds. The van der Waals surface area contributed by atoms with E-state index in [1.807, 2.05) is 0 Å². The van der Waals surface area contributed by atoms with Gasteiger partial charge >= 0.3 is 0 Å². The van der Waals surface area contributed by atoms with Gasteiger partial charge in [0, 0.05) is 0 Å². The van der Waals surface area contributed by atoms with Gasteiger partial charge in [-0.2, -0.15) is 0 Å². The maximum absolute atomic E-state index is 12.8. The van der Waals surface area contributed by atoms with E-state index < -0.39 is 24.1 Å². The van der Waals surface area contributed by atoms with E-state index >= 15 is 0 Å². The van der Waals surface area contributed by atoms with Crippen molar-refractivity contribution in [3.8, 4) is 0 Å². The molecule has 1 aliphatic heterocycles. The molecule has 0 bridgehead atoms.